The Labute approximate surface area is 120 Å². The molecule has 21 heavy (non-hydrogen) atoms. The van der Waals surface area contributed by atoms with Gasteiger partial charge in [-0.05, 0) is 18.1 Å². The van der Waals surface area contributed by atoms with Crippen LogP contribution in [0.15, 0.2) is 39.1 Å². The molecule has 0 aliphatic carbocycles. The molecule has 0 fully saturated rings. The van der Waals surface area contributed by atoms with Gasteiger partial charge in [0.2, 0.25) is 0 Å². The minimum Gasteiger partial charge on any atom is -0.478 e. The number of sulfonamides is 1. The number of anilines is 1. The third-order valence-electron chi connectivity index (χ3n) is 3.38. The molecule has 0 bridgehead atoms. The van der Waals surface area contributed by atoms with Crippen LogP contribution in [0.25, 0.3) is 0 Å². The first-order valence-corrected chi connectivity index (χ1v) is 7.53. The van der Waals surface area contributed by atoms with Crippen LogP contribution < -0.4 is 4.90 Å². The minimum absolute atomic E-state index is 0.310. The van der Waals surface area contributed by atoms with E-state index in [1.807, 2.05) is 12.1 Å². The fourth-order valence-corrected chi connectivity index (χ4v) is 3.52. The smallest absolute Gasteiger partial charge is 0.338 e. The number of carboxylic acids is 1. The molecule has 0 saturated carbocycles. The van der Waals surface area contributed by atoms with Crippen molar-refractivity contribution >= 4 is 33.8 Å². The van der Waals surface area contributed by atoms with E-state index in [9.17, 15) is 18.0 Å². The lowest BCUT2D eigenvalue weighted by Crippen LogP contribution is -2.33. The number of amides is 1. The maximum Gasteiger partial charge on any atom is 0.338 e. The van der Waals surface area contributed by atoms with Crippen LogP contribution in [0.5, 0.6) is 0 Å². The van der Waals surface area contributed by atoms with Gasteiger partial charge in [-0.15, -0.1) is 0 Å². The molecule has 7 nitrogen and oxygen atoms in total. The fourth-order valence-electron chi connectivity index (χ4n) is 2.42. The van der Waals surface area contributed by atoms with Gasteiger partial charge >= 0.3 is 5.97 Å². The highest BCUT2D eigenvalue weighted by Gasteiger charge is 2.39. The van der Waals surface area contributed by atoms with Crippen LogP contribution in [0.1, 0.15) is 5.56 Å². The second-order valence-corrected chi connectivity index (χ2v) is 6.16. The number of carbonyl (C=O) groups is 2. The van der Waals surface area contributed by atoms with Crippen LogP contribution in [0.2, 0.25) is 0 Å². The Morgan fingerprint density at radius 1 is 1.24 bits per heavy atom. The van der Waals surface area contributed by atoms with Crippen LogP contribution in [-0.2, 0) is 26.0 Å². The second-order valence-electron chi connectivity index (χ2n) is 4.59. The quantitative estimate of drug-likeness (QED) is 0.848. The van der Waals surface area contributed by atoms with Gasteiger partial charge in [0, 0.05) is 12.2 Å². The predicted molar refractivity (Wildman–Crippen MR) is 74.6 cm³/mol. The Hall–Kier alpha value is -2.48. The summed E-state index contributed by atoms with van der Waals surface area (Å²) in [5.74, 6) is -2.34. The standard InChI is InChI=1S/C13H10N2O5S/c16-12(11-9(13(17)18)7-14-21(11,19)20)15-6-5-8-3-1-2-4-10(8)15/h1-4,7H,5-6H2,(H,17,18). The molecule has 1 aromatic rings. The third kappa shape index (κ3) is 2.04. The Morgan fingerprint density at radius 2 is 1.95 bits per heavy atom. The normalized spacial score (nSPS) is 19.0. The molecule has 2 heterocycles. The molecular weight excluding hydrogens is 296 g/mol. The van der Waals surface area contributed by atoms with E-state index in [1.54, 1.807) is 12.1 Å². The molecule has 8 heteroatoms. The van der Waals surface area contributed by atoms with Gasteiger partial charge in [-0.25, -0.2) is 4.79 Å². The van der Waals surface area contributed by atoms with Crippen molar-refractivity contribution in [1.29, 1.82) is 0 Å². The summed E-state index contributed by atoms with van der Waals surface area (Å²) in [6, 6.07) is 7.10. The van der Waals surface area contributed by atoms with E-state index in [1.165, 1.54) is 4.90 Å². The first-order chi connectivity index (χ1) is 9.92. The minimum atomic E-state index is -4.24. The molecule has 2 aliphatic rings. The topological polar surface area (TPSA) is 104 Å². The van der Waals surface area contributed by atoms with E-state index in [2.05, 4.69) is 4.40 Å². The lowest BCUT2D eigenvalue weighted by Gasteiger charge is -2.17. The zero-order chi connectivity index (χ0) is 15.2. The van der Waals surface area contributed by atoms with Crippen LogP contribution in [0.3, 0.4) is 0 Å². The zero-order valence-corrected chi connectivity index (χ0v) is 11.5. The zero-order valence-electron chi connectivity index (χ0n) is 10.7. The molecule has 3 rings (SSSR count). The fraction of sp³-hybridized carbons (Fsp3) is 0.154. The first kappa shape index (κ1) is 13.5. The number of benzene rings is 1. The largest absolute Gasteiger partial charge is 0.478 e. The average molecular weight is 306 g/mol. The van der Waals surface area contributed by atoms with Crippen LogP contribution in [-0.4, -0.2) is 38.2 Å². The van der Waals surface area contributed by atoms with E-state index < -0.39 is 32.4 Å². The number of hydrogen-bond acceptors (Lipinski definition) is 4. The van der Waals surface area contributed by atoms with Gasteiger partial charge in [-0.2, -0.15) is 12.8 Å². The van der Waals surface area contributed by atoms with Crippen molar-refractivity contribution in [3.63, 3.8) is 0 Å². The van der Waals surface area contributed by atoms with Crippen molar-refractivity contribution in [1.82, 2.24) is 0 Å². The van der Waals surface area contributed by atoms with E-state index >= 15 is 0 Å². The molecule has 108 valence electrons. The van der Waals surface area contributed by atoms with Gasteiger partial charge in [-0.1, -0.05) is 18.2 Å². The molecule has 0 unspecified atom stereocenters. The van der Waals surface area contributed by atoms with Crippen LogP contribution in [0, 0.1) is 0 Å². The lowest BCUT2D eigenvalue weighted by atomic mass is 10.2. The summed E-state index contributed by atoms with van der Waals surface area (Å²) in [6.07, 6.45) is 1.30. The number of hydrogen-bond donors (Lipinski definition) is 1. The molecule has 0 spiro atoms. The molecule has 0 atom stereocenters. The molecular formula is C13H10N2O5S. The highest BCUT2D eigenvalue weighted by Crippen LogP contribution is 2.31. The molecule has 0 saturated heterocycles. The Kier molecular flexibility index (Phi) is 2.91. The van der Waals surface area contributed by atoms with Crippen molar-refractivity contribution in [2.24, 2.45) is 4.40 Å². The molecule has 0 aromatic heterocycles. The van der Waals surface area contributed by atoms with Crippen LogP contribution >= 0.6 is 0 Å². The molecule has 1 amide bonds. The Bertz CT molecular complexity index is 823. The average Bonchev–Trinajstić information content (AvgIpc) is 2.98. The second kappa shape index (κ2) is 4.52. The van der Waals surface area contributed by atoms with Crippen molar-refractivity contribution in [3.05, 3.63) is 40.3 Å². The highest BCUT2D eigenvalue weighted by atomic mass is 32.2. The number of fused-ring (bicyclic) bond motifs is 1. The summed E-state index contributed by atoms with van der Waals surface area (Å²) >= 11 is 0. The maximum atomic E-state index is 12.5. The van der Waals surface area contributed by atoms with Crippen molar-refractivity contribution in [2.75, 3.05) is 11.4 Å². The summed E-state index contributed by atoms with van der Waals surface area (Å²) in [5.41, 5.74) is 0.922. The number of para-hydroxylation sites is 1. The Balaban J connectivity index is 2.08. The summed E-state index contributed by atoms with van der Waals surface area (Å²) in [4.78, 5) is 24.1. The van der Waals surface area contributed by atoms with E-state index in [0.29, 0.717) is 24.9 Å². The number of aliphatic carboxylic acids is 1. The lowest BCUT2D eigenvalue weighted by molar-refractivity contribution is -0.132. The van der Waals surface area contributed by atoms with E-state index in [4.69, 9.17) is 5.11 Å². The monoisotopic (exact) mass is 306 g/mol. The SMILES string of the molecule is O=C(O)C1=C(C(=O)N2CCc3ccccc32)S(=O)(=O)N=C1. The molecule has 0 radical (unpaired) electrons. The summed E-state index contributed by atoms with van der Waals surface area (Å²) < 4.78 is 26.8. The number of nitrogens with zero attached hydrogens (tertiary/aromatic N) is 2. The summed E-state index contributed by atoms with van der Waals surface area (Å²) in [5, 5.41) is 9.02. The van der Waals surface area contributed by atoms with Gasteiger partial charge in [0.05, 0.1) is 6.21 Å². The Morgan fingerprint density at radius 3 is 2.67 bits per heavy atom. The van der Waals surface area contributed by atoms with E-state index in [0.717, 1.165) is 5.56 Å². The third-order valence-corrected chi connectivity index (χ3v) is 4.67. The number of carbonyl (C=O) groups excluding carboxylic acids is 1. The van der Waals surface area contributed by atoms with Gasteiger partial charge in [0.15, 0.2) is 4.91 Å². The number of rotatable bonds is 2. The molecule has 1 aromatic carbocycles. The predicted octanol–water partition coefficient (Wildman–Crippen LogP) is 0.329. The van der Waals surface area contributed by atoms with E-state index in [-0.39, 0.29) is 0 Å². The van der Waals surface area contributed by atoms with Gasteiger partial charge in [0.25, 0.3) is 15.9 Å². The van der Waals surface area contributed by atoms with Crippen molar-refractivity contribution in [2.45, 2.75) is 6.42 Å². The molecule has 1 N–H and O–H groups in total. The van der Waals surface area contributed by atoms with Crippen molar-refractivity contribution in [3.8, 4) is 0 Å². The number of carboxylic acid groups (broad SMARTS) is 1. The highest BCUT2D eigenvalue weighted by molar-refractivity contribution is 7.95. The molecule has 2 aliphatic heterocycles. The maximum absolute atomic E-state index is 12.5. The summed E-state index contributed by atoms with van der Waals surface area (Å²) in [7, 11) is -4.24. The summed E-state index contributed by atoms with van der Waals surface area (Å²) in [6.45, 7) is 0.310. The van der Waals surface area contributed by atoms with Gasteiger partial charge in [-0.3, -0.25) is 4.79 Å². The van der Waals surface area contributed by atoms with Gasteiger partial charge in [0.1, 0.15) is 5.57 Å². The first-order valence-electron chi connectivity index (χ1n) is 6.09. The van der Waals surface area contributed by atoms with Gasteiger partial charge < -0.3 is 10.0 Å². The van der Waals surface area contributed by atoms with Crippen molar-refractivity contribution < 1.29 is 23.1 Å². The van der Waals surface area contributed by atoms with Crippen LogP contribution in [0.4, 0.5) is 5.69 Å².